The summed E-state index contributed by atoms with van der Waals surface area (Å²) < 4.78 is 5.72. The number of carbonyl (C=O) groups is 1. The summed E-state index contributed by atoms with van der Waals surface area (Å²) in [4.78, 5) is 20.8. The third kappa shape index (κ3) is 5.62. The molecule has 34 heavy (non-hydrogen) atoms. The van der Waals surface area contributed by atoms with Crippen molar-refractivity contribution in [3.8, 4) is 0 Å². The van der Waals surface area contributed by atoms with E-state index in [0.29, 0.717) is 13.0 Å². The van der Waals surface area contributed by atoms with Gasteiger partial charge >= 0.3 is 0 Å². The average molecular weight is 467 g/mol. The molecule has 0 radical (unpaired) electrons. The highest BCUT2D eigenvalue weighted by atomic mass is 16.5. The highest BCUT2D eigenvalue weighted by Gasteiger charge is 2.44. The third-order valence-electron chi connectivity index (χ3n) is 7.89. The number of allylic oxidation sites excluding steroid dienone is 1. The van der Waals surface area contributed by atoms with Gasteiger partial charge in [-0.2, -0.15) is 0 Å². The number of nitrogens with one attached hydrogen (secondary N) is 1. The fourth-order valence-electron chi connectivity index (χ4n) is 5.64. The predicted molar refractivity (Wildman–Crippen MR) is 138 cm³/mol. The number of rotatable bonds is 10. The second-order valence-corrected chi connectivity index (χ2v) is 10.1. The Kier molecular flexibility index (Phi) is 8.25. The summed E-state index contributed by atoms with van der Waals surface area (Å²) in [5.74, 6) is 0.998. The zero-order valence-corrected chi connectivity index (χ0v) is 21.3. The number of Topliss-reactive ketones (excluding diaryl/α,β-unsaturated/α-hetero) is 1. The van der Waals surface area contributed by atoms with Crippen LogP contribution >= 0.6 is 0 Å². The van der Waals surface area contributed by atoms with Gasteiger partial charge in [-0.05, 0) is 63.7 Å². The van der Waals surface area contributed by atoms with Crippen LogP contribution in [0.1, 0.15) is 38.7 Å². The molecule has 1 atom stereocenters. The summed E-state index contributed by atoms with van der Waals surface area (Å²) in [6.45, 7) is 12.9. The molecule has 2 heterocycles. The van der Waals surface area contributed by atoms with Crippen molar-refractivity contribution in [1.29, 1.82) is 0 Å². The third-order valence-corrected chi connectivity index (χ3v) is 7.89. The second-order valence-electron chi connectivity index (χ2n) is 10.1. The lowest BCUT2D eigenvalue weighted by Crippen LogP contribution is -2.66. The van der Waals surface area contributed by atoms with Crippen molar-refractivity contribution >= 4 is 5.78 Å². The molecule has 4 rings (SSSR count). The van der Waals surface area contributed by atoms with Crippen LogP contribution in [0, 0.1) is 0 Å². The number of ether oxygens (including phenoxy) is 1. The van der Waals surface area contributed by atoms with Gasteiger partial charge in [-0.25, -0.2) is 0 Å². The molecule has 0 saturated carbocycles. The van der Waals surface area contributed by atoms with Crippen molar-refractivity contribution in [2.75, 3.05) is 59.5 Å². The molecule has 0 aromatic heterocycles. The maximum Gasteiger partial charge on any atom is 0.160 e. The summed E-state index contributed by atoms with van der Waals surface area (Å²) in [5.41, 5.74) is 0.712. The van der Waals surface area contributed by atoms with Gasteiger partial charge in [-0.3, -0.25) is 19.9 Å². The highest BCUT2D eigenvalue weighted by Crippen LogP contribution is 2.32. The van der Waals surface area contributed by atoms with Crippen molar-refractivity contribution < 1.29 is 9.53 Å². The second kappa shape index (κ2) is 11.2. The minimum Gasteiger partial charge on any atom is -0.494 e. The van der Waals surface area contributed by atoms with E-state index in [4.69, 9.17) is 4.74 Å². The number of ketones is 1. The molecule has 2 fully saturated rings. The van der Waals surface area contributed by atoms with Gasteiger partial charge in [0.05, 0.1) is 6.61 Å². The zero-order valence-electron chi connectivity index (χ0n) is 21.3. The van der Waals surface area contributed by atoms with Gasteiger partial charge in [0.1, 0.15) is 11.3 Å². The Morgan fingerprint density at radius 1 is 1.03 bits per heavy atom. The Labute approximate surface area is 205 Å². The van der Waals surface area contributed by atoms with Gasteiger partial charge in [0.25, 0.3) is 0 Å². The van der Waals surface area contributed by atoms with E-state index in [9.17, 15) is 4.79 Å². The predicted octanol–water partition coefficient (Wildman–Crippen LogP) is 3.07. The Balaban J connectivity index is 1.45. The summed E-state index contributed by atoms with van der Waals surface area (Å²) in [5, 5.41) is 3.74. The summed E-state index contributed by atoms with van der Waals surface area (Å²) in [6, 6.07) is 10.8. The van der Waals surface area contributed by atoms with E-state index in [-0.39, 0.29) is 11.3 Å². The lowest BCUT2D eigenvalue weighted by atomic mass is 9.83. The number of nitrogens with zero attached hydrogens (tertiary/aromatic N) is 3. The number of likely N-dealkylation sites (tertiary alicyclic amines) is 1. The van der Waals surface area contributed by atoms with Crippen LogP contribution in [0.2, 0.25) is 0 Å². The molecule has 0 spiro atoms. The first-order chi connectivity index (χ1) is 16.5. The van der Waals surface area contributed by atoms with E-state index in [2.05, 4.69) is 57.4 Å². The number of hydrogen-bond acceptors (Lipinski definition) is 6. The number of hydrogen-bond donors (Lipinski definition) is 1. The first kappa shape index (κ1) is 25.1. The van der Waals surface area contributed by atoms with Crippen molar-refractivity contribution in [3.63, 3.8) is 0 Å². The molecule has 1 aromatic rings. The van der Waals surface area contributed by atoms with Crippen LogP contribution in [0.4, 0.5) is 0 Å². The maximum atomic E-state index is 13.1. The number of carbonyl (C=O) groups excluding carboxylic acids is 1. The first-order valence-corrected chi connectivity index (χ1v) is 13.0. The molecular weight excluding hydrogens is 424 g/mol. The molecule has 0 amide bonds. The standard InChI is InChI=1S/C28H42N4O2/c1-4-26(33)28(12-11-25(21-28)34-5-2)29-23-27(13-15-30(3)16-14-27)32-19-17-31(18-20-32)22-24-9-7-6-8-10-24/h6-12,21,29H,4-5,13-20,22-23H2,1-3H3. The molecule has 6 nitrogen and oxygen atoms in total. The van der Waals surface area contributed by atoms with Gasteiger partial charge in [-0.1, -0.05) is 37.3 Å². The van der Waals surface area contributed by atoms with Crippen molar-refractivity contribution in [1.82, 2.24) is 20.0 Å². The fourth-order valence-corrected chi connectivity index (χ4v) is 5.64. The first-order valence-electron chi connectivity index (χ1n) is 13.0. The molecule has 1 N–H and O–H groups in total. The Hall–Kier alpha value is -1.99. The van der Waals surface area contributed by atoms with E-state index in [1.54, 1.807) is 0 Å². The monoisotopic (exact) mass is 466 g/mol. The smallest absolute Gasteiger partial charge is 0.160 e. The van der Waals surface area contributed by atoms with E-state index in [0.717, 1.165) is 71.0 Å². The van der Waals surface area contributed by atoms with Crippen LogP contribution in [0.25, 0.3) is 0 Å². The van der Waals surface area contributed by atoms with Crippen LogP contribution in [-0.2, 0) is 16.1 Å². The van der Waals surface area contributed by atoms with Gasteiger partial charge in [0.15, 0.2) is 5.78 Å². The molecule has 186 valence electrons. The van der Waals surface area contributed by atoms with Crippen molar-refractivity contribution in [3.05, 3.63) is 59.9 Å². The molecule has 6 heteroatoms. The van der Waals surface area contributed by atoms with Crippen LogP contribution in [0.3, 0.4) is 0 Å². The molecule has 0 bridgehead atoms. The van der Waals surface area contributed by atoms with Gasteiger partial charge < -0.3 is 9.64 Å². The fraction of sp³-hybridized carbons (Fsp3) is 0.607. The van der Waals surface area contributed by atoms with Crippen LogP contribution in [0.15, 0.2) is 54.3 Å². The van der Waals surface area contributed by atoms with Crippen LogP contribution in [-0.4, -0.2) is 91.0 Å². The Morgan fingerprint density at radius 3 is 2.38 bits per heavy atom. The van der Waals surface area contributed by atoms with Crippen LogP contribution < -0.4 is 5.32 Å². The molecule has 1 aromatic carbocycles. The molecule has 2 aliphatic heterocycles. The molecule has 2 saturated heterocycles. The lowest BCUT2D eigenvalue weighted by molar-refractivity contribution is -0.122. The van der Waals surface area contributed by atoms with Crippen molar-refractivity contribution in [2.45, 2.75) is 50.7 Å². The summed E-state index contributed by atoms with van der Waals surface area (Å²) >= 11 is 0. The quantitative estimate of drug-likeness (QED) is 0.572. The molecule has 1 unspecified atom stereocenters. The molecule has 1 aliphatic carbocycles. The van der Waals surface area contributed by atoms with Crippen LogP contribution in [0.5, 0.6) is 0 Å². The lowest BCUT2D eigenvalue weighted by Gasteiger charge is -2.52. The molecule has 3 aliphatic rings. The maximum absolute atomic E-state index is 13.1. The van der Waals surface area contributed by atoms with Crippen molar-refractivity contribution in [2.24, 2.45) is 0 Å². The van der Waals surface area contributed by atoms with E-state index < -0.39 is 5.54 Å². The number of piperazine rings is 1. The number of piperidine rings is 1. The van der Waals surface area contributed by atoms with E-state index in [1.165, 1.54) is 5.56 Å². The Morgan fingerprint density at radius 2 is 1.74 bits per heavy atom. The van der Waals surface area contributed by atoms with Gasteiger partial charge in [0, 0.05) is 51.2 Å². The number of benzene rings is 1. The zero-order chi connectivity index (χ0) is 24.0. The topological polar surface area (TPSA) is 48.1 Å². The largest absolute Gasteiger partial charge is 0.494 e. The Bertz CT molecular complexity index is 868. The average Bonchev–Trinajstić information content (AvgIpc) is 3.29. The summed E-state index contributed by atoms with van der Waals surface area (Å²) in [6.07, 6.45) is 8.69. The summed E-state index contributed by atoms with van der Waals surface area (Å²) in [7, 11) is 2.22. The van der Waals surface area contributed by atoms with Gasteiger partial charge in [0.2, 0.25) is 0 Å². The minimum absolute atomic E-state index is 0.0718. The molecular formula is C28H42N4O2. The minimum atomic E-state index is -0.745. The highest BCUT2D eigenvalue weighted by molar-refractivity contribution is 5.93. The normalized spacial score (nSPS) is 25.9. The van der Waals surface area contributed by atoms with E-state index in [1.807, 2.05) is 32.1 Å². The SMILES string of the molecule is CCOC1=CC(NCC2(N3CCN(Cc4ccccc4)CC3)CCN(C)CC2)(C(=O)CC)C=C1. The van der Waals surface area contributed by atoms with E-state index >= 15 is 0 Å². The van der Waals surface area contributed by atoms with Gasteiger partial charge in [-0.15, -0.1) is 0 Å².